The van der Waals surface area contributed by atoms with Crippen LogP contribution >= 0.6 is 0 Å². The van der Waals surface area contributed by atoms with Crippen molar-refractivity contribution in [3.05, 3.63) is 23.9 Å². The first-order valence-electron chi connectivity index (χ1n) is 5.04. The van der Waals surface area contributed by atoms with Gasteiger partial charge in [-0.3, -0.25) is 0 Å². The second-order valence-corrected chi connectivity index (χ2v) is 3.66. The van der Waals surface area contributed by atoms with Crippen LogP contribution in [0.3, 0.4) is 0 Å². The highest BCUT2D eigenvalue weighted by Gasteiger charge is 2.25. The Hall–Kier alpha value is -1.63. The third-order valence-corrected chi connectivity index (χ3v) is 2.73. The van der Waals surface area contributed by atoms with Gasteiger partial charge in [-0.15, -0.1) is 0 Å². The second-order valence-electron chi connectivity index (χ2n) is 3.66. The molecule has 4 heteroatoms. The lowest BCUT2D eigenvalue weighted by Gasteiger charge is -2.23. The highest BCUT2D eigenvalue weighted by molar-refractivity contribution is 5.43. The van der Waals surface area contributed by atoms with Gasteiger partial charge in [0.1, 0.15) is 18.6 Å². The number of alkyl halides is 1. The van der Waals surface area contributed by atoms with Crippen molar-refractivity contribution in [1.29, 1.82) is 5.26 Å². The molecule has 1 saturated heterocycles. The average molecular weight is 205 g/mol. The molecule has 15 heavy (non-hydrogen) atoms. The standard InChI is InChI=1S/C11H12FN3/c12-6-10-2-1-5-15(10)11-4-3-9(7-13)8-14-11/h3-4,8,10H,1-2,5-6H2/t10-/m0/s1. The van der Waals surface area contributed by atoms with E-state index in [1.807, 2.05) is 11.0 Å². The number of rotatable bonds is 2. The van der Waals surface area contributed by atoms with Crippen LogP contribution in [0.4, 0.5) is 10.2 Å². The Bertz CT molecular complexity index is 368. The minimum Gasteiger partial charge on any atom is -0.351 e. The smallest absolute Gasteiger partial charge is 0.128 e. The molecule has 2 heterocycles. The largest absolute Gasteiger partial charge is 0.351 e. The van der Waals surface area contributed by atoms with Crippen molar-refractivity contribution in [1.82, 2.24) is 4.98 Å². The van der Waals surface area contributed by atoms with E-state index in [0.29, 0.717) is 5.56 Å². The van der Waals surface area contributed by atoms with Gasteiger partial charge in [0.15, 0.2) is 0 Å². The lowest BCUT2D eigenvalue weighted by Crippen LogP contribution is -2.31. The zero-order valence-electron chi connectivity index (χ0n) is 8.36. The van der Waals surface area contributed by atoms with E-state index >= 15 is 0 Å². The van der Waals surface area contributed by atoms with Crippen molar-refractivity contribution in [2.24, 2.45) is 0 Å². The third kappa shape index (κ3) is 1.91. The van der Waals surface area contributed by atoms with E-state index in [2.05, 4.69) is 4.98 Å². The summed E-state index contributed by atoms with van der Waals surface area (Å²) in [5, 5.41) is 8.63. The zero-order valence-corrected chi connectivity index (χ0v) is 8.36. The van der Waals surface area contributed by atoms with Crippen LogP contribution in [0, 0.1) is 11.3 Å². The fraction of sp³-hybridized carbons (Fsp3) is 0.455. The summed E-state index contributed by atoms with van der Waals surface area (Å²) in [6, 6.07) is 5.48. The molecular weight excluding hydrogens is 193 g/mol. The van der Waals surface area contributed by atoms with Crippen LogP contribution in [0.25, 0.3) is 0 Å². The van der Waals surface area contributed by atoms with E-state index in [0.717, 1.165) is 25.2 Å². The summed E-state index contributed by atoms with van der Waals surface area (Å²) >= 11 is 0. The number of nitriles is 1. The molecule has 1 atom stereocenters. The van der Waals surface area contributed by atoms with E-state index in [4.69, 9.17) is 5.26 Å². The molecule has 0 amide bonds. The number of hydrogen-bond acceptors (Lipinski definition) is 3. The van der Waals surface area contributed by atoms with Gasteiger partial charge in [-0.1, -0.05) is 0 Å². The molecule has 1 aliphatic heterocycles. The molecular formula is C11H12FN3. The van der Waals surface area contributed by atoms with Gasteiger partial charge in [-0.05, 0) is 25.0 Å². The Morgan fingerprint density at radius 1 is 1.60 bits per heavy atom. The molecule has 2 rings (SSSR count). The minimum atomic E-state index is -0.332. The van der Waals surface area contributed by atoms with Gasteiger partial charge in [-0.25, -0.2) is 9.37 Å². The number of pyridine rings is 1. The number of aromatic nitrogens is 1. The van der Waals surface area contributed by atoms with E-state index in [9.17, 15) is 4.39 Å². The van der Waals surface area contributed by atoms with Crippen molar-refractivity contribution in [3.63, 3.8) is 0 Å². The maximum atomic E-state index is 12.7. The molecule has 1 aliphatic rings. The number of halogens is 1. The molecule has 3 nitrogen and oxygen atoms in total. The number of anilines is 1. The summed E-state index contributed by atoms with van der Waals surface area (Å²) in [4.78, 5) is 6.14. The fourth-order valence-corrected chi connectivity index (χ4v) is 1.92. The van der Waals surface area contributed by atoms with Gasteiger partial charge in [-0.2, -0.15) is 5.26 Å². The summed E-state index contributed by atoms with van der Waals surface area (Å²) in [5.74, 6) is 0.772. The molecule has 0 saturated carbocycles. The Balaban J connectivity index is 2.19. The van der Waals surface area contributed by atoms with Gasteiger partial charge in [0.25, 0.3) is 0 Å². The highest BCUT2D eigenvalue weighted by Crippen LogP contribution is 2.23. The first kappa shape index (κ1) is 9.91. The summed E-state index contributed by atoms with van der Waals surface area (Å²) in [6.45, 7) is 0.523. The van der Waals surface area contributed by atoms with Crippen molar-refractivity contribution >= 4 is 5.82 Å². The van der Waals surface area contributed by atoms with Gasteiger partial charge in [0.2, 0.25) is 0 Å². The predicted octanol–water partition coefficient (Wildman–Crippen LogP) is 1.89. The summed E-state index contributed by atoms with van der Waals surface area (Å²) in [6.07, 6.45) is 3.43. The average Bonchev–Trinajstić information content (AvgIpc) is 2.77. The molecule has 1 aromatic rings. The molecule has 0 N–H and O–H groups in total. The molecule has 1 aromatic heterocycles. The van der Waals surface area contributed by atoms with Crippen molar-refractivity contribution in [3.8, 4) is 6.07 Å². The number of nitrogens with zero attached hydrogens (tertiary/aromatic N) is 3. The van der Waals surface area contributed by atoms with Crippen molar-refractivity contribution in [2.45, 2.75) is 18.9 Å². The summed E-state index contributed by atoms with van der Waals surface area (Å²) in [7, 11) is 0. The molecule has 0 unspecified atom stereocenters. The topological polar surface area (TPSA) is 39.9 Å². The van der Waals surface area contributed by atoms with E-state index in [1.165, 1.54) is 6.20 Å². The summed E-state index contributed by atoms with van der Waals surface area (Å²) < 4.78 is 12.7. The van der Waals surface area contributed by atoms with Crippen LogP contribution in [0.15, 0.2) is 18.3 Å². The van der Waals surface area contributed by atoms with Crippen LogP contribution < -0.4 is 4.90 Å². The normalized spacial score (nSPS) is 20.3. The van der Waals surface area contributed by atoms with Gasteiger partial charge >= 0.3 is 0 Å². The van der Waals surface area contributed by atoms with Crippen LogP contribution in [-0.4, -0.2) is 24.2 Å². The van der Waals surface area contributed by atoms with Crippen LogP contribution in [-0.2, 0) is 0 Å². The van der Waals surface area contributed by atoms with Crippen LogP contribution in [0.2, 0.25) is 0 Å². The molecule has 0 radical (unpaired) electrons. The maximum Gasteiger partial charge on any atom is 0.128 e. The molecule has 0 spiro atoms. The van der Waals surface area contributed by atoms with E-state index in [1.54, 1.807) is 12.1 Å². The van der Waals surface area contributed by atoms with Gasteiger partial charge in [0.05, 0.1) is 11.6 Å². The van der Waals surface area contributed by atoms with Gasteiger partial charge < -0.3 is 4.90 Å². The molecule has 0 aliphatic carbocycles. The first-order valence-corrected chi connectivity index (χ1v) is 5.04. The van der Waals surface area contributed by atoms with Crippen LogP contribution in [0.5, 0.6) is 0 Å². The quantitative estimate of drug-likeness (QED) is 0.740. The Kier molecular flexibility index (Phi) is 2.82. The summed E-state index contributed by atoms with van der Waals surface area (Å²) in [5.41, 5.74) is 0.537. The van der Waals surface area contributed by atoms with E-state index < -0.39 is 0 Å². The maximum absolute atomic E-state index is 12.7. The Morgan fingerprint density at radius 2 is 2.47 bits per heavy atom. The van der Waals surface area contributed by atoms with Crippen LogP contribution in [0.1, 0.15) is 18.4 Å². The minimum absolute atomic E-state index is 0.0366. The van der Waals surface area contributed by atoms with E-state index in [-0.39, 0.29) is 12.7 Å². The van der Waals surface area contributed by atoms with Crippen molar-refractivity contribution < 1.29 is 4.39 Å². The molecule has 0 aromatic carbocycles. The Labute approximate surface area is 88.2 Å². The molecule has 0 bridgehead atoms. The molecule has 78 valence electrons. The number of hydrogen-bond donors (Lipinski definition) is 0. The zero-order chi connectivity index (χ0) is 10.7. The monoisotopic (exact) mass is 205 g/mol. The first-order chi connectivity index (χ1) is 7.35. The third-order valence-electron chi connectivity index (χ3n) is 2.73. The SMILES string of the molecule is N#Cc1ccc(N2CCC[C@H]2CF)nc1. The highest BCUT2D eigenvalue weighted by atomic mass is 19.1. The second kappa shape index (κ2) is 4.26. The predicted molar refractivity (Wildman–Crippen MR) is 55.3 cm³/mol. The lowest BCUT2D eigenvalue weighted by atomic mass is 10.2. The lowest BCUT2D eigenvalue weighted by molar-refractivity contribution is 0.427. The fourth-order valence-electron chi connectivity index (χ4n) is 1.92. The molecule has 1 fully saturated rings. The van der Waals surface area contributed by atoms with Crippen molar-refractivity contribution in [2.75, 3.05) is 18.1 Å². The van der Waals surface area contributed by atoms with Gasteiger partial charge in [0, 0.05) is 12.7 Å². The Morgan fingerprint density at radius 3 is 3.07 bits per heavy atom.